The molecule has 212 valence electrons. The zero-order valence-electron chi connectivity index (χ0n) is 24.1. The first-order chi connectivity index (χ1) is 20.6. The van der Waals surface area contributed by atoms with Gasteiger partial charge in [0.2, 0.25) is 0 Å². The third-order valence-corrected chi connectivity index (χ3v) is 6.95. The molecule has 5 heteroatoms. The summed E-state index contributed by atoms with van der Waals surface area (Å²) in [5.74, 6) is 1.21. The lowest BCUT2D eigenvalue weighted by Gasteiger charge is -2.25. The summed E-state index contributed by atoms with van der Waals surface area (Å²) in [6.07, 6.45) is 1.09. The molecule has 0 heterocycles. The largest absolute Gasteiger partial charge is 0.491 e. The highest BCUT2D eigenvalue weighted by atomic mass is 16.5. The smallest absolute Gasteiger partial charge is 0.119 e. The molecule has 0 fully saturated rings. The first-order valence-electron chi connectivity index (χ1n) is 14.3. The highest BCUT2D eigenvalue weighted by Crippen LogP contribution is 2.34. The molecule has 0 aliphatic rings. The fourth-order valence-electron chi connectivity index (χ4n) is 4.66. The SMILES string of the molecule is CC(C)c1ccc(OCC(O)CN(/N=C/c2ccc(N(c3ccccc3)c3ccccc3)cc2)c2ccccc2)cc1. The Kier molecular flexibility index (Phi) is 9.65. The van der Waals surface area contributed by atoms with Crippen molar-refractivity contribution < 1.29 is 9.84 Å². The van der Waals surface area contributed by atoms with E-state index in [0.717, 1.165) is 34.1 Å². The molecule has 0 saturated carbocycles. The van der Waals surface area contributed by atoms with Crippen molar-refractivity contribution in [1.29, 1.82) is 0 Å². The number of hydrogen-bond donors (Lipinski definition) is 1. The first-order valence-corrected chi connectivity index (χ1v) is 14.3. The molecular formula is C37H37N3O2. The highest BCUT2D eigenvalue weighted by molar-refractivity contribution is 5.83. The zero-order valence-corrected chi connectivity index (χ0v) is 24.1. The number of hydrazone groups is 1. The van der Waals surface area contributed by atoms with Crippen LogP contribution in [-0.4, -0.2) is 30.6 Å². The third kappa shape index (κ3) is 7.65. The molecule has 1 N–H and O–H groups in total. The number of rotatable bonds is 12. The van der Waals surface area contributed by atoms with Crippen molar-refractivity contribution in [3.05, 3.63) is 151 Å². The molecule has 5 aromatic rings. The van der Waals surface area contributed by atoms with Crippen LogP contribution >= 0.6 is 0 Å². The van der Waals surface area contributed by atoms with Gasteiger partial charge in [-0.1, -0.05) is 92.7 Å². The van der Waals surface area contributed by atoms with Crippen LogP contribution in [0.1, 0.15) is 30.9 Å². The van der Waals surface area contributed by atoms with E-state index in [9.17, 15) is 5.11 Å². The summed E-state index contributed by atoms with van der Waals surface area (Å²) in [6, 6.07) is 46.9. The summed E-state index contributed by atoms with van der Waals surface area (Å²) in [6.45, 7) is 4.79. The quantitative estimate of drug-likeness (QED) is 0.124. The van der Waals surface area contributed by atoms with Gasteiger partial charge in [0.15, 0.2) is 0 Å². The van der Waals surface area contributed by atoms with E-state index in [4.69, 9.17) is 9.84 Å². The predicted molar refractivity (Wildman–Crippen MR) is 175 cm³/mol. The average Bonchev–Trinajstić information content (AvgIpc) is 3.04. The highest BCUT2D eigenvalue weighted by Gasteiger charge is 2.14. The number of para-hydroxylation sites is 3. The Morgan fingerprint density at radius 2 is 1.14 bits per heavy atom. The Morgan fingerprint density at radius 1 is 0.643 bits per heavy atom. The predicted octanol–water partition coefficient (Wildman–Crippen LogP) is 8.56. The molecule has 0 radical (unpaired) electrons. The third-order valence-electron chi connectivity index (χ3n) is 6.95. The molecule has 5 aromatic carbocycles. The standard InChI is InChI=1S/C37H37N3O2/c1-29(2)31-20-24-37(25-21-31)42-28-36(41)27-39(32-12-6-3-7-13-32)38-26-30-18-22-35(23-19-30)40(33-14-8-4-9-15-33)34-16-10-5-11-17-34/h3-26,29,36,41H,27-28H2,1-2H3/b38-26+. The Bertz CT molecular complexity index is 1480. The Morgan fingerprint density at radius 3 is 1.67 bits per heavy atom. The topological polar surface area (TPSA) is 48.3 Å². The Hall–Kier alpha value is -4.87. The molecule has 0 saturated heterocycles. The van der Waals surface area contributed by atoms with Gasteiger partial charge >= 0.3 is 0 Å². The van der Waals surface area contributed by atoms with E-state index in [1.807, 2.05) is 90.1 Å². The number of aliphatic hydroxyl groups is 1. The first kappa shape index (κ1) is 28.7. The number of aliphatic hydroxyl groups excluding tert-OH is 1. The van der Waals surface area contributed by atoms with Gasteiger partial charge in [-0.3, -0.25) is 5.01 Å². The second kappa shape index (κ2) is 14.2. The minimum Gasteiger partial charge on any atom is -0.491 e. The molecule has 0 aromatic heterocycles. The van der Waals surface area contributed by atoms with Crippen molar-refractivity contribution in [2.24, 2.45) is 5.10 Å². The molecule has 42 heavy (non-hydrogen) atoms. The summed E-state index contributed by atoms with van der Waals surface area (Å²) >= 11 is 0. The fourth-order valence-corrected chi connectivity index (χ4v) is 4.66. The molecule has 0 spiro atoms. The van der Waals surface area contributed by atoms with E-state index in [-0.39, 0.29) is 6.61 Å². The van der Waals surface area contributed by atoms with Gasteiger partial charge in [-0.25, -0.2) is 0 Å². The van der Waals surface area contributed by atoms with E-state index in [0.29, 0.717) is 12.5 Å². The maximum absolute atomic E-state index is 10.9. The van der Waals surface area contributed by atoms with Crippen LogP contribution in [0.15, 0.2) is 145 Å². The maximum Gasteiger partial charge on any atom is 0.119 e. The number of benzene rings is 5. The minimum absolute atomic E-state index is 0.170. The summed E-state index contributed by atoms with van der Waals surface area (Å²) in [5, 5.41) is 17.4. The molecule has 5 rings (SSSR count). The van der Waals surface area contributed by atoms with Gasteiger partial charge in [0, 0.05) is 17.1 Å². The lowest BCUT2D eigenvalue weighted by molar-refractivity contribution is 0.112. The van der Waals surface area contributed by atoms with Crippen molar-refractivity contribution in [2.75, 3.05) is 23.1 Å². The van der Waals surface area contributed by atoms with Crippen LogP contribution in [0, 0.1) is 0 Å². The van der Waals surface area contributed by atoms with Gasteiger partial charge in [-0.15, -0.1) is 0 Å². The summed E-state index contributed by atoms with van der Waals surface area (Å²) in [5.41, 5.74) is 6.34. The van der Waals surface area contributed by atoms with Crippen LogP contribution in [-0.2, 0) is 0 Å². The molecule has 0 aliphatic heterocycles. The Labute approximate surface area is 249 Å². The van der Waals surface area contributed by atoms with Crippen molar-refractivity contribution in [3.8, 4) is 5.75 Å². The Balaban J connectivity index is 1.29. The summed E-state index contributed by atoms with van der Waals surface area (Å²) in [7, 11) is 0. The lowest BCUT2D eigenvalue weighted by atomic mass is 10.0. The maximum atomic E-state index is 10.9. The second-order valence-corrected chi connectivity index (χ2v) is 10.4. The molecular weight excluding hydrogens is 518 g/mol. The van der Waals surface area contributed by atoms with Gasteiger partial charge in [0.05, 0.1) is 18.4 Å². The van der Waals surface area contributed by atoms with Crippen LogP contribution in [0.3, 0.4) is 0 Å². The number of anilines is 4. The zero-order chi connectivity index (χ0) is 29.1. The van der Waals surface area contributed by atoms with Gasteiger partial charge < -0.3 is 14.7 Å². The second-order valence-electron chi connectivity index (χ2n) is 10.4. The van der Waals surface area contributed by atoms with E-state index >= 15 is 0 Å². The molecule has 5 nitrogen and oxygen atoms in total. The molecule has 1 atom stereocenters. The van der Waals surface area contributed by atoms with Gasteiger partial charge in [0.25, 0.3) is 0 Å². The van der Waals surface area contributed by atoms with E-state index in [1.165, 1.54) is 5.56 Å². The number of hydrogen-bond acceptors (Lipinski definition) is 5. The van der Waals surface area contributed by atoms with E-state index in [1.54, 1.807) is 0 Å². The minimum atomic E-state index is -0.736. The molecule has 0 aliphatic carbocycles. The molecule has 1 unspecified atom stereocenters. The van der Waals surface area contributed by atoms with Crippen LogP contribution in [0.25, 0.3) is 0 Å². The van der Waals surface area contributed by atoms with Crippen LogP contribution < -0.4 is 14.6 Å². The van der Waals surface area contributed by atoms with Crippen LogP contribution in [0.5, 0.6) is 5.75 Å². The van der Waals surface area contributed by atoms with Crippen molar-refractivity contribution in [3.63, 3.8) is 0 Å². The van der Waals surface area contributed by atoms with E-state index in [2.05, 4.69) is 79.4 Å². The monoisotopic (exact) mass is 555 g/mol. The average molecular weight is 556 g/mol. The summed E-state index contributed by atoms with van der Waals surface area (Å²) in [4.78, 5) is 2.23. The lowest BCUT2D eigenvalue weighted by Crippen LogP contribution is -2.32. The van der Waals surface area contributed by atoms with Crippen molar-refractivity contribution >= 4 is 29.0 Å². The molecule has 0 amide bonds. The van der Waals surface area contributed by atoms with E-state index < -0.39 is 6.10 Å². The van der Waals surface area contributed by atoms with Gasteiger partial charge in [-0.05, 0) is 77.7 Å². The van der Waals surface area contributed by atoms with Crippen LogP contribution in [0.2, 0.25) is 0 Å². The summed E-state index contributed by atoms with van der Waals surface area (Å²) < 4.78 is 5.88. The van der Waals surface area contributed by atoms with Crippen molar-refractivity contribution in [1.82, 2.24) is 0 Å². The number of nitrogens with zero attached hydrogens (tertiary/aromatic N) is 3. The van der Waals surface area contributed by atoms with Gasteiger partial charge in [0.1, 0.15) is 18.5 Å². The fraction of sp³-hybridized carbons (Fsp3) is 0.162. The van der Waals surface area contributed by atoms with Crippen LogP contribution in [0.4, 0.5) is 22.7 Å². The van der Waals surface area contributed by atoms with Crippen molar-refractivity contribution in [2.45, 2.75) is 25.9 Å². The number of ether oxygens (including phenoxy) is 1. The van der Waals surface area contributed by atoms with Gasteiger partial charge in [-0.2, -0.15) is 5.10 Å². The normalized spacial score (nSPS) is 11.9. The molecule has 0 bridgehead atoms.